The van der Waals surface area contributed by atoms with Crippen molar-refractivity contribution in [1.82, 2.24) is 29.9 Å². The monoisotopic (exact) mass is 344 g/mol. The molecule has 2 aromatic heterocycles. The maximum Gasteiger partial charge on any atom is 0.256 e. The van der Waals surface area contributed by atoms with Crippen molar-refractivity contribution >= 4 is 17.5 Å². The van der Waals surface area contributed by atoms with E-state index in [1.807, 2.05) is 31.2 Å². The predicted molar refractivity (Wildman–Crippen MR) is 90.2 cm³/mol. The summed E-state index contributed by atoms with van der Waals surface area (Å²) in [5, 5.41) is 11.5. The molecule has 0 unspecified atom stereocenters. The average Bonchev–Trinajstić information content (AvgIpc) is 3.16. The molecule has 1 aromatic carbocycles. The van der Waals surface area contributed by atoms with Crippen LogP contribution in [0.25, 0.3) is 5.69 Å². The molecule has 0 saturated heterocycles. The zero-order chi connectivity index (χ0) is 17.3. The zero-order valence-electron chi connectivity index (χ0n) is 13.6. The van der Waals surface area contributed by atoms with E-state index in [4.69, 9.17) is 11.6 Å². The molecule has 0 radical (unpaired) electrons. The van der Waals surface area contributed by atoms with Crippen molar-refractivity contribution in [2.75, 3.05) is 0 Å². The first-order chi connectivity index (χ1) is 11.5. The average molecular weight is 345 g/mol. The Kier molecular flexibility index (Phi) is 4.35. The summed E-state index contributed by atoms with van der Waals surface area (Å²) in [5.74, 6) is -0.238. The van der Waals surface area contributed by atoms with Gasteiger partial charge in [0.15, 0.2) is 0 Å². The van der Waals surface area contributed by atoms with E-state index in [1.54, 1.807) is 25.0 Å². The standard InChI is InChI=1S/C16H17ClN6O/c1-10(20-16(24)14-11(2)21-22(3)15(14)17)12-4-6-13(7-5-12)23-9-18-8-19-23/h4-10H,1-3H3,(H,20,24)/t10-/m0/s1. The van der Waals surface area contributed by atoms with Crippen LogP contribution in [0.1, 0.15) is 34.6 Å². The molecule has 1 N–H and O–H groups in total. The lowest BCUT2D eigenvalue weighted by Gasteiger charge is -2.15. The molecule has 0 fully saturated rings. The van der Waals surface area contributed by atoms with Crippen LogP contribution in [0.5, 0.6) is 0 Å². The zero-order valence-corrected chi connectivity index (χ0v) is 14.3. The lowest BCUT2D eigenvalue weighted by Crippen LogP contribution is -2.27. The van der Waals surface area contributed by atoms with Crippen molar-refractivity contribution in [2.45, 2.75) is 19.9 Å². The lowest BCUT2D eigenvalue weighted by atomic mass is 10.1. The first kappa shape index (κ1) is 16.2. The second-order valence-corrected chi connectivity index (χ2v) is 5.86. The van der Waals surface area contributed by atoms with E-state index in [1.165, 1.54) is 11.0 Å². The third-order valence-corrected chi connectivity index (χ3v) is 4.24. The fourth-order valence-corrected chi connectivity index (χ4v) is 2.76. The summed E-state index contributed by atoms with van der Waals surface area (Å²) in [6.45, 7) is 3.68. The van der Waals surface area contributed by atoms with Gasteiger partial charge in [-0.2, -0.15) is 10.2 Å². The number of aryl methyl sites for hydroxylation is 2. The molecule has 3 aromatic rings. The van der Waals surface area contributed by atoms with Crippen molar-refractivity contribution in [2.24, 2.45) is 7.05 Å². The first-order valence-corrected chi connectivity index (χ1v) is 7.80. The summed E-state index contributed by atoms with van der Waals surface area (Å²) in [5.41, 5.74) is 2.89. The molecule has 3 rings (SSSR count). The van der Waals surface area contributed by atoms with Crippen molar-refractivity contribution in [1.29, 1.82) is 0 Å². The molecular formula is C16H17ClN6O. The fourth-order valence-electron chi connectivity index (χ4n) is 2.50. The second-order valence-electron chi connectivity index (χ2n) is 5.50. The van der Waals surface area contributed by atoms with E-state index in [0.29, 0.717) is 16.4 Å². The summed E-state index contributed by atoms with van der Waals surface area (Å²) >= 11 is 6.14. The van der Waals surface area contributed by atoms with Crippen LogP contribution >= 0.6 is 11.6 Å². The predicted octanol–water partition coefficient (Wildman–Crippen LogP) is 2.45. The Balaban J connectivity index is 1.75. The number of hydrogen-bond acceptors (Lipinski definition) is 4. The number of carbonyl (C=O) groups is 1. The van der Waals surface area contributed by atoms with E-state index in [2.05, 4.69) is 20.5 Å². The topological polar surface area (TPSA) is 77.6 Å². The molecule has 0 aliphatic carbocycles. The summed E-state index contributed by atoms with van der Waals surface area (Å²) in [6, 6.07) is 7.57. The summed E-state index contributed by atoms with van der Waals surface area (Å²) in [6.07, 6.45) is 3.12. The molecule has 0 aliphatic heterocycles. The Bertz CT molecular complexity index is 854. The summed E-state index contributed by atoms with van der Waals surface area (Å²) in [7, 11) is 1.71. The number of hydrogen-bond donors (Lipinski definition) is 1. The SMILES string of the molecule is Cc1nn(C)c(Cl)c1C(=O)N[C@@H](C)c1ccc(-n2cncn2)cc1. The molecule has 8 heteroatoms. The highest BCUT2D eigenvalue weighted by atomic mass is 35.5. The molecule has 0 saturated carbocycles. The molecule has 7 nitrogen and oxygen atoms in total. The normalized spacial score (nSPS) is 12.2. The van der Waals surface area contributed by atoms with Gasteiger partial charge in [-0.15, -0.1) is 0 Å². The number of nitrogens with one attached hydrogen (secondary N) is 1. The van der Waals surface area contributed by atoms with E-state index in [0.717, 1.165) is 11.3 Å². The number of aromatic nitrogens is 5. The van der Waals surface area contributed by atoms with Crippen LogP contribution < -0.4 is 5.32 Å². The number of amides is 1. The maximum atomic E-state index is 12.5. The van der Waals surface area contributed by atoms with Gasteiger partial charge in [-0.05, 0) is 31.5 Å². The molecule has 1 atom stereocenters. The fraction of sp³-hybridized carbons (Fsp3) is 0.250. The van der Waals surface area contributed by atoms with Gasteiger partial charge in [0.1, 0.15) is 17.8 Å². The Hall–Kier alpha value is -2.67. The van der Waals surface area contributed by atoms with Crippen LogP contribution in [-0.2, 0) is 7.05 Å². The van der Waals surface area contributed by atoms with Gasteiger partial charge in [0, 0.05) is 7.05 Å². The second kappa shape index (κ2) is 6.45. The van der Waals surface area contributed by atoms with Gasteiger partial charge in [0.05, 0.1) is 23.0 Å². The highest BCUT2D eigenvalue weighted by molar-refractivity contribution is 6.33. The number of carbonyl (C=O) groups excluding carboxylic acids is 1. The molecule has 0 bridgehead atoms. The minimum Gasteiger partial charge on any atom is -0.345 e. The van der Waals surface area contributed by atoms with Gasteiger partial charge in [-0.25, -0.2) is 9.67 Å². The molecule has 0 aliphatic rings. The summed E-state index contributed by atoms with van der Waals surface area (Å²) in [4.78, 5) is 16.4. The van der Waals surface area contributed by atoms with Crippen LogP contribution in [0.3, 0.4) is 0 Å². The van der Waals surface area contributed by atoms with Crippen molar-refractivity contribution < 1.29 is 4.79 Å². The number of halogens is 1. The number of nitrogens with zero attached hydrogens (tertiary/aromatic N) is 5. The van der Waals surface area contributed by atoms with Gasteiger partial charge in [0.25, 0.3) is 5.91 Å². The van der Waals surface area contributed by atoms with Crippen molar-refractivity contribution in [3.8, 4) is 5.69 Å². The molecular weight excluding hydrogens is 328 g/mol. The number of rotatable bonds is 4. The van der Waals surface area contributed by atoms with Crippen LogP contribution in [0.15, 0.2) is 36.9 Å². The Morgan fingerprint density at radius 3 is 2.54 bits per heavy atom. The summed E-state index contributed by atoms with van der Waals surface area (Å²) < 4.78 is 3.16. The van der Waals surface area contributed by atoms with Gasteiger partial charge < -0.3 is 5.32 Å². The minimum absolute atomic E-state index is 0.169. The van der Waals surface area contributed by atoms with Crippen LogP contribution in [0.4, 0.5) is 0 Å². The lowest BCUT2D eigenvalue weighted by molar-refractivity contribution is 0.0939. The first-order valence-electron chi connectivity index (χ1n) is 7.42. The highest BCUT2D eigenvalue weighted by Gasteiger charge is 2.20. The van der Waals surface area contributed by atoms with Gasteiger partial charge in [-0.3, -0.25) is 9.48 Å². The largest absolute Gasteiger partial charge is 0.345 e. The molecule has 2 heterocycles. The Morgan fingerprint density at radius 1 is 1.29 bits per heavy atom. The van der Waals surface area contributed by atoms with E-state index in [9.17, 15) is 4.79 Å². The quantitative estimate of drug-likeness (QED) is 0.788. The van der Waals surface area contributed by atoms with E-state index in [-0.39, 0.29) is 11.9 Å². The third kappa shape index (κ3) is 3.03. The Morgan fingerprint density at radius 2 is 2.00 bits per heavy atom. The highest BCUT2D eigenvalue weighted by Crippen LogP contribution is 2.21. The van der Waals surface area contributed by atoms with E-state index >= 15 is 0 Å². The molecule has 24 heavy (non-hydrogen) atoms. The molecule has 124 valence electrons. The third-order valence-electron chi connectivity index (χ3n) is 3.80. The van der Waals surface area contributed by atoms with E-state index < -0.39 is 0 Å². The van der Waals surface area contributed by atoms with Gasteiger partial charge in [0.2, 0.25) is 0 Å². The van der Waals surface area contributed by atoms with Crippen molar-refractivity contribution in [3.63, 3.8) is 0 Å². The van der Waals surface area contributed by atoms with Crippen molar-refractivity contribution in [3.05, 3.63) is 58.9 Å². The van der Waals surface area contributed by atoms with Crippen LogP contribution in [0.2, 0.25) is 5.15 Å². The molecule has 1 amide bonds. The number of benzene rings is 1. The minimum atomic E-state index is -0.238. The van der Waals surface area contributed by atoms with Gasteiger partial charge in [-0.1, -0.05) is 23.7 Å². The Labute approximate surface area is 144 Å². The smallest absolute Gasteiger partial charge is 0.256 e. The van der Waals surface area contributed by atoms with Gasteiger partial charge >= 0.3 is 0 Å². The molecule has 0 spiro atoms. The maximum absolute atomic E-state index is 12.5. The van der Waals surface area contributed by atoms with Crippen LogP contribution in [-0.4, -0.2) is 30.5 Å². The van der Waals surface area contributed by atoms with Crippen LogP contribution in [0, 0.1) is 6.92 Å².